The Hall–Kier alpha value is -2.97. The molecule has 0 amide bonds. The Morgan fingerprint density at radius 1 is 0.500 bits per heavy atom. The number of carboxylic acid groups (broad SMARTS) is 1. The number of hydrogen-bond acceptors (Lipinski definition) is 7. The molecule has 0 saturated heterocycles. The highest BCUT2D eigenvalue weighted by atomic mass is 16.6. The Morgan fingerprint density at radius 2 is 0.903 bits per heavy atom. The van der Waals surface area contributed by atoms with Gasteiger partial charge in [-0.3, -0.25) is 9.59 Å². The summed E-state index contributed by atoms with van der Waals surface area (Å²) in [5, 5.41) is 11.7. The predicted molar refractivity (Wildman–Crippen MR) is 259 cm³/mol. The molecule has 0 aromatic heterocycles. The third-order valence-corrected chi connectivity index (χ3v) is 11.2. The molecule has 0 bridgehead atoms. The van der Waals surface area contributed by atoms with Crippen molar-refractivity contribution in [1.82, 2.24) is 0 Å². The summed E-state index contributed by atoms with van der Waals surface area (Å²) in [6.07, 6.45) is 55.3. The van der Waals surface area contributed by atoms with Gasteiger partial charge in [-0.25, -0.2) is 0 Å². The highest BCUT2D eigenvalue weighted by Crippen LogP contribution is 2.15. The second-order valence-corrected chi connectivity index (χ2v) is 18.0. The minimum atomic E-state index is -1.13. The molecule has 0 aliphatic carbocycles. The maximum atomic E-state index is 12.8. The van der Waals surface area contributed by atoms with Gasteiger partial charge in [0.25, 0.3) is 0 Å². The SMILES string of the molecule is CC/C=C/C/C=C/C/C=C/C/C=C/C/C=C/CCCCCCCCC(=O)OCC(COCCC(C(=O)[O-])[N+](C)(C)C)OC(=O)CCCCCCCCCCCCCCCCCC. The number of hydrogen-bond donors (Lipinski definition) is 0. The number of likely N-dealkylation sites (N-methyl/N-ethyl adjacent to an activating group) is 1. The van der Waals surface area contributed by atoms with Crippen LogP contribution in [0.1, 0.15) is 213 Å². The highest BCUT2D eigenvalue weighted by molar-refractivity contribution is 5.70. The molecular formula is C54H95NO7. The van der Waals surface area contributed by atoms with Gasteiger partial charge < -0.3 is 28.6 Å². The van der Waals surface area contributed by atoms with Crippen LogP contribution in [0.25, 0.3) is 0 Å². The molecule has 0 N–H and O–H groups in total. The van der Waals surface area contributed by atoms with Gasteiger partial charge in [-0.1, -0.05) is 197 Å². The maximum Gasteiger partial charge on any atom is 0.306 e. The van der Waals surface area contributed by atoms with Gasteiger partial charge in [-0.05, 0) is 57.8 Å². The van der Waals surface area contributed by atoms with E-state index in [1.807, 2.05) is 0 Å². The molecule has 0 fully saturated rings. The summed E-state index contributed by atoms with van der Waals surface area (Å²) in [5.74, 6) is -1.75. The summed E-state index contributed by atoms with van der Waals surface area (Å²) in [5.41, 5.74) is 0. The monoisotopic (exact) mass is 870 g/mol. The van der Waals surface area contributed by atoms with Crippen LogP contribution in [-0.4, -0.2) is 75.5 Å². The Kier molecular flexibility index (Phi) is 42.5. The zero-order chi connectivity index (χ0) is 45.6. The molecule has 8 nitrogen and oxygen atoms in total. The molecular weight excluding hydrogens is 775 g/mol. The Morgan fingerprint density at radius 3 is 1.34 bits per heavy atom. The van der Waals surface area contributed by atoms with Crippen molar-refractivity contribution in [3.63, 3.8) is 0 Å². The van der Waals surface area contributed by atoms with Crippen molar-refractivity contribution >= 4 is 17.9 Å². The molecule has 0 aromatic rings. The molecule has 0 saturated carbocycles. The Labute approximate surface area is 381 Å². The van der Waals surface area contributed by atoms with Crippen molar-refractivity contribution < 1.29 is 38.2 Å². The Bertz CT molecular complexity index is 1200. The first-order valence-electron chi connectivity index (χ1n) is 25.3. The van der Waals surface area contributed by atoms with Crippen molar-refractivity contribution in [2.24, 2.45) is 0 Å². The smallest absolute Gasteiger partial charge is 0.306 e. The standard InChI is InChI=1S/C54H95NO7/c1-6-8-10-12-14-16-18-20-22-24-25-26-27-28-29-31-32-34-36-38-40-42-44-52(56)61-49-50(48-60-47-46-51(54(58)59)55(3,4)5)62-53(57)45-43-41-39-37-35-33-30-23-21-19-17-15-13-11-9-7-2/h8,10,14,16,20,22,25-26,28-29,50-51H,6-7,9,11-13,15,17-19,21,23-24,27,30-49H2,1-5H3/b10-8+,16-14+,22-20+,26-25+,29-28+. The van der Waals surface area contributed by atoms with Crippen LogP contribution < -0.4 is 5.11 Å². The summed E-state index contributed by atoms with van der Waals surface area (Å²) in [6.45, 7) is 4.55. The van der Waals surface area contributed by atoms with E-state index in [0.29, 0.717) is 12.8 Å². The van der Waals surface area contributed by atoms with Crippen LogP contribution in [0.4, 0.5) is 0 Å². The minimum absolute atomic E-state index is 0.0362. The van der Waals surface area contributed by atoms with Gasteiger partial charge in [0.1, 0.15) is 12.6 Å². The van der Waals surface area contributed by atoms with E-state index < -0.39 is 18.1 Å². The number of aliphatic carboxylic acids is 1. The molecule has 2 atom stereocenters. The predicted octanol–water partition coefficient (Wildman–Crippen LogP) is 13.2. The fraction of sp³-hybridized carbons (Fsp3) is 0.759. The van der Waals surface area contributed by atoms with Crippen LogP contribution in [0.3, 0.4) is 0 Å². The van der Waals surface area contributed by atoms with E-state index in [2.05, 4.69) is 74.6 Å². The van der Waals surface area contributed by atoms with Crippen LogP contribution in [0, 0.1) is 0 Å². The number of carbonyl (C=O) groups is 3. The van der Waals surface area contributed by atoms with Crippen molar-refractivity contribution in [2.75, 3.05) is 41.0 Å². The fourth-order valence-corrected chi connectivity index (χ4v) is 7.27. The minimum Gasteiger partial charge on any atom is -0.544 e. The molecule has 0 radical (unpaired) electrons. The summed E-state index contributed by atoms with van der Waals surface area (Å²) < 4.78 is 17.2. The van der Waals surface area contributed by atoms with Gasteiger partial charge in [-0.2, -0.15) is 0 Å². The average Bonchev–Trinajstić information content (AvgIpc) is 3.23. The Balaban J connectivity index is 4.27. The van der Waals surface area contributed by atoms with Crippen molar-refractivity contribution in [1.29, 1.82) is 0 Å². The first kappa shape index (κ1) is 59.0. The number of quaternary nitrogens is 1. The highest BCUT2D eigenvalue weighted by Gasteiger charge is 2.25. The normalized spacial score (nSPS) is 13.4. The summed E-state index contributed by atoms with van der Waals surface area (Å²) in [4.78, 5) is 37.0. The zero-order valence-corrected chi connectivity index (χ0v) is 40.8. The van der Waals surface area contributed by atoms with Crippen molar-refractivity contribution in [2.45, 2.75) is 225 Å². The number of allylic oxidation sites excluding steroid dienone is 10. The number of nitrogens with zero attached hydrogens (tertiary/aromatic N) is 1. The number of rotatable bonds is 45. The average molecular weight is 870 g/mol. The molecule has 2 unspecified atom stereocenters. The number of carbonyl (C=O) groups excluding carboxylic acids is 3. The van der Waals surface area contributed by atoms with Crippen LogP contribution in [-0.2, 0) is 28.6 Å². The van der Waals surface area contributed by atoms with Crippen LogP contribution >= 0.6 is 0 Å². The number of esters is 2. The van der Waals surface area contributed by atoms with Gasteiger partial charge in [0.15, 0.2) is 6.10 Å². The molecule has 0 aliphatic rings. The molecule has 0 aromatic carbocycles. The lowest BCUT2D eigenvalue weighted by molar-refractivity contribution is -0.889. The lowest BCUT2D eigenvalue weighted by atomic mass is 10.0. The molecule has 8 heteroatoms. The van der Waals surface area contributed by atoms with Crippen LogP contribution in [0.2, 0.25) is 0 Å². The molecule has 358 valence electrons. The first-order valence-corrected chi connectivity index (χ1v) is 25.3. The third-order valence-electron chi connectivity index (χ3n) is 11.2. The molecule has 0 spiro atoms. The maximum absolute atomic E-state index is 12.8. The topological polar surface area (TPSA) is 102 Å². The van der Waals surface area contributed by atoms with E-state index in [1.54, 1.807) is 21.1 Å². The van der Waals surface area contributed by atoms with Gasteiger partial charge in [0.05, 0.1) is 40.3 Å². The van der Waals surface area contributed by atoms with Crippen molar-refractivity contribution in [3.8, 4) is 0 Å². The van der Waals surface area contributed by atoms with Gasteiger partial charge in [0.2, 0.25) is 0 Å². The van der Waals surface area contributed by atoms with E-state index >= 15 is 0 Å². The lowest BCUT2D eigenvalue weighted by Gasteiger charge is -2.34. The van der Waals surface area contributed by atoms with E-state index in [9.17, 15) is 19.5 Å². The molecule has 0 aliphatic heterocycles. The largest absolute Gasteiger partial charge is 0.544 e. The summed E-state index contributed by atoms with van der Waals surface area (Å²) in [6, 6.07) is -0.729. The molecule has 62 heavy (non-hydrogen) atoms. The summed E-state index contributed by atoms with van der Waals surface area (Å²) >= 11 is 0. The van der Waals surface area contributed by atoms with Crippen LogP contribution in [0.15, 0.2) is 60.8 Å². The lowest BCUT2D eigenvalue weighted by Crippen LogP contribution is -2.55. The molecule has 0 rings (SSSR count). The second kappa shape index (κ2) is 44.6. The van der Waals surface area contributed by atoms with Gasteiger partial charge in [-0.15, -0.1) is 0 Å². The van der Waals surface area contributed by atoms with Crippen LogP contribution in [0.5, 0.6) is 0 Å². The third kappa shape index (κ3) is 42.3. The van der Waals surface area contributed by atoms with E-state index in [0.717, 1.165) is 83.5 Å². The van der Waals surface area contributed by atoms with E-state index in [1.165, 1.54) is 96.3 Å². The number of ether oxygens (including phenoxy) is 3. The van der Waals surface area contributed by atoms with E-state index in [4.69, 9.17) is 14.2 Å². The van der Waals surface area contributed by atoms with E-state index in [-0.39, 0.29) is 42.7 Å². The zero-order valence-electron chi connectivity index (χ0n) is 40.8. The molecule has 0 heterocycles. The number of carboxylic acids is 1. The first-order chi connectivity index (χ1) is 30.1. The summed E-state index contributed by atoms with van der Waals surface area (Å²) in [7, 11) is 5.41. The fourth-order valence-electron chi connectivity index (χ4n) is 7.27. The second-order valence-electron chi connectivity index (χ2n) is 18.0. The quantitative estimate of drug-likeness (QED) is 0.0260. The van der Waals surface area contributed by atoms with Crippen molar-refractivity contribution in [3.05, 3.63) is 60.8 Å². The van der Waals surface area contributed by atoms with Gasteiger partial charge >= 0.3 is 11.9 Å². The number of unbranched alkanes of at least 4 members (excludes halogenated alkanes) is 21. The van der Waals surface area contributed by atoms with Gasteiger partial charge in [0, 0.05) is 19.3 Å².